The molecule has 0 unspecified atom stereocenters. The molecule has 4 rings (SSSR count). The Morgan fingerprint density at radius 1 is 1.25 bits per heavy atom. The van der Waals surface area contributed by atoms with Gasteiger partial charge in [-0.3, -0.25) is 0 Å². The van der Waals surface area contributed by atoms with Crippen LogP contribution < -0.4 is 9.80 Å². The van der Waals surface area contributed by atoms with E-state index in [1.807, 2.05) is 31.2 Å². The summed E-state index contributed by atoms with van der Waals surface area (Å²) in [6, 6.07) is 7.97. The van der Waals surface area contributed by atoms with Gasteiger partial charge in [0.2, 0.25) is 0 Å². The van der Waals surface area contributed by atoms with E-state index in [1.54, 1.807) is 7.11 Å². The topological polar surface area (TPSA) is 79.9 Å². The Hall–Kier alpha value is -2.17. The number of carbonyl (C=O) groups is 1. The Kier molecular flexibility index (Phi) is 5.02. The molecule has 1 aromatic carbocycles. The van der Waals surface area contributed by atoms with Crippen LogP contribution in [0.2, 0.25) is 4.20 Å². The number of benzene rings is 1. The molecule has 0 atom stereocenters. The maximum absolute atomic E-state index is 12.1. The van der Waals surface area contributed by atoms with Crippen LogP contribution in [-0.4, -0.2) is 56.9 Å². The molecule has 0 bridgehead atoms. The quantitative estimate of drug-likeness (QED) is 0.599. The summed E-state index contributed by atoms with van der Waals surface area (Å²) in [5.74, 6) is -0.0158. The Morgan fingerprint density at radius 3 is 2.82 bits per heavy atom. The molecule has 1 radical (unpaired) electrons. The Balaban J connectivity index is 1.82. The summed E-state index contributed by atoms with van der Waals surface area (Å²) in [6.45, 7) is 7.83. The minimum absolute atomic E-state index is 0.0158. The van der Waals surface area contributed by atoms with Crippen LogP contribution >= 0.6 is 0 Å². The molecule has 28 heavy (non-hydrogen) atoms. The minimum atomic E-state index is -0.211. The van der Waals surface area contributed by atoms with E-state index in [0.29, 0.717) is 13.2 Å². The predicted molar refractivity (Wildman–Crippen MR) is 111 cm³/mol. The fraction of sp³-hybridized carbons (Fsp3) is 0.381. The molecule has 0 saturated carbocycles. The summed E-state index contributed by atoms with van der Waals surface area (Å²) in [4.78, 5) is 25.5. The zero-order valence-corrected chi connectivity index (χ0v) is 18.5. The Bertz CT molecular complexity index is 1060. The second-order valence-corrected chi connectivity index (χ2v) is 11.6. The van der Waals surface area contributed by atoms with Gasteiger partial charge in [-0.1, -0.05) is 0 Å². The van der Waals surface area contributed by atoms with Crippen molar-refractivity contribution >= 4 is 37.2 Å². The van der Waals surface area contributed by atoms with E-state index >= 15 is 0 Å². The summed E-state index contributed by atoms with van der Waals surface area (Å²) in [7, 11) is 1.74. The van der Waals surface area contributed by atoms with E-state index in [2.05, 4.69) is 24.1 Å². The van der Waals surface area contributed by atoms with Gasteiger partial charge < -0.3 is 0 Å². The van der Waals surface area contributed by atoms with E-state index in [0.717, 1.165) is 50.1 Å². The molecule has 145 valence electrons. The van der Waals surface area contributed by atoms with Gasteiger partial charge in [0.15, 0.2) is 0 Å². The number of methoxy groups -OCH3 is 1. The molecule has 0 fully saturated rings. The average Bonchev–Trinajstić information content (AvgIpc) is 3.07. The first kappa shape index (κ1) is 19.2. The van der Waals surface area contributed by atoms with Crippen LogP contribution in [0.4, 0.5) is 0 Å². The van der Waals surface area contributed by atoms with Gasteiger partial charge >= 0.3 is 171 Å². The van der Waals surface area contributed by atoms with Gasteiger partial charge in [0.25, 0.3) is 0 Å². The third-order valence-electron chi connectivity index (χ3n) is 4.85. The normalized spacial score (nSPS) is 14.6. The van der Waals surface area contributed by atoms with Crippen molar-refractivity contribution < 1.29 is 9.53 Å². The molecule has 1 aliphatic rings. The summed E-state index contributed by atoms with van der Waals surface area (Å²) < 4.78 is 6.53. The SMILES string of the molecule is COCC(C)(C)[As]c1nc2c(-c3cc4c([nH]3)CCNC4=O)cccc2nc1C. The van der Waals surface area contributed by atoms with Crippen molar-refractivity contribution in [2.24, 2.45) is 0 Å². The van der Waals surface area contributed by atoms with Crippen LogP contribution in [0.3, 0.4) is 0 Å². The van der Waals surface area contributed by atoms with E-state index < -0.39 is 0 Å². The zero-order chi connectivity index (χ0) is 19.9. The van der Waals surface area contributed by atoms with Crippen molar-refractivity contribution in [2.75, 3.05) is 20.3 Å². The number of H-pyrrole nitrogens is 1. The first-order valence-electron chi connectivity index (χ1n) is 9.37. The number of fused-ring (bicyclic) bond motifs is 2. The molecule has 0 aliphatic carbocycles. The van der Waals surface area contributed by atoms with Gasteiger partial charge in [0.1, 0.15) is 0 Å². The molecular formula is C21H24AsN4O2. The molecule has 7 heteroatoms. The molecule has 1 amide bonds. The summed E-state index contributed by atoms with van der Waals surface area (Å²) in [5, 5.41) is 2.90. The molecule has 0 saturated heterocycles. The maximum atomic E-state index is 12.1. The Labute approximate surface area is 171 Å². The van der Waals surface area contributed by atoms with Crippen molar-refractivity contribution in [1.82, 2.24) is 20.3 Å². The van der Waals surface area contributed by atoms with Crippen molar-refractivity contribution in [3.8, 4) is 11.3 Å². The molecule has 6 nitrogen and oxygen atoms in total. The van der Waals surface area contributed by atoms with Crippen LogP contribution in [0.15, 0.2) is 24.3 Å². The number of nitrogens with zero attached hydrogens (tertiary/aromatic N) is 2. The van der Waals surface area contributed by atoms with Crippen LogP contribution in [0.25, 0.3) is 22.3 Å². The number of rotatable bonds is 5. The number of aryl methyl sites for hydroxylation is 1. The van der Waals surface area contributed by atoms with Crippen molar-refractivity contribution in [3.63, 3.8) is 0 Å². The molecule has 0 spiro atoms. The van der Waals surface area contributed by atoms with Gasteiger partial charge in [-0.2, -0.15) is 0 Å². The monoisotopic (exact) mass is 439 g/mol. The van der Waals surface area contributed by atoms with Crippen LogP contribution in [0, 0.1) is 6.92 Å². The first-order chi connectivity index (χ1) is 13.4. The van der Waals surface area contributed by atoms with Gasteiger partial charge in [-0.05, 0) is 0 Å². The number of carbonyl (C=O) groups excluding carboxylic acids is 1. The van der Waals surface area contributed by atoms with Crippen LogP contribution in [0.5, 0.6) is 0 Å². The molecule has 2 aromatic heterocycles. The number of hydrogen-bond acceptors (Lipinski definition) is 4. The third kappa shape index (κ3) is 3.59. The third-order valence-corrected chi connectivity index (χ3v) is 7.72. The molecule has 3 aromatic rings. The van der Waals surface area contributed by atoms with Gasteiger partial charge in [-0.15, -0.1) is 0 Å². The fourth-order valence-corrected chi connectivity index (χ4v) is 5.96. The number of ether oxygens (including phenoxy) is 1. The second-order valence-electron chi connectivity index (χ2n) is 7.74. The number of para-hydroxylation sites is 1. The summed E-state index contributed by atoms with van der Waals surface area (Å²) in [5.41, 5.74) is 6.37. The zero-order valence-electron chi connectivity index (χ0n) is 16.6. The molecular weight excluding hydrogens is 415 g/mol. The fourth-order valence-electron chi connectivity index (χ4n) is 3.59. The van der Waals surface area contributed by atoms with Crippen molar-refractivity contribution in [3.05, 3.63) is 41.2 Å². The standard InChI is InChI=1S/C21H24AsN4O2/c1-12-19(22-21(2,3)11-28-4)26-18-13(6-5-7-16(18)24-12)17-10-14-15(25-17)8-9-23-20(14)27/h5-7,10,25H,8-9,11H2,1-4H3,(H,23,27). The average molecular weight is 439 g/mol. The van der Waals surface area contributed by atoms with E-state index in [1.165, 1.54) is 0 Å². The first-order valence-corrected chi connectivity index (χ1v) is 11.3. The number of nitrogens with one attached hydrogen (secondary N) is 2. The molecule has 3 heterocycles. The van der Waals surface area contributed by atoms with Gasteiger partial charge in [0, 0.05) is 0 Å². The predicted octanol–water partition coefficient (Wildman–Crippen LogP) is 2.39. The summed E-state index contributed by atoms with van der Waals surface area (Å²) >= 11 is -0.211. The van der Waals surface area contributed by atoms with E-state index in [9.17, 15) is 4.79 Å². The van der Waals surface area contributed by atoms with Crippen molar-refractivity contribution in [2.45, 2.75) is 31.4 Å². The summed E-state index contributed by atoms with van der Waals surface area (Å²) in [6.07, 6.45) is 0.817. The second kappa shape index (κ2) is 7.34. The number of hydrogen-bond donors (Lipinski definition) is 2. The van der Waals surface area contributed by atoms with E-state index in [-0.39, 0.29) is 25.9 Å². The number of aromatic nitrogens is 3. The van der Waals surface area contributed by atoms with Crippen LogP contribution in [-0.2, 0) is 11.2 Å². The Morgan fingerprint density at radius 2 is 2.07 bits per heavy atom. The van der Waals surface area contributed by atoms with Gasteiger partial charge in [-0.25, -0.2) is 0 Å². The molecule has 1 aliphatic heterocycles. The number of aromatic amines is 1. The van der Waals surface area contributed by atoms with E-state index in [4.69, 9.17) is 14.7 Å². The molecule has 2 N–H and O–H groups in total. The number of amides is 1. The van der Waals surface area contributed by atoms with Crippen LogP contribution in [0.1, 0.15) is 35.6 Å². The van der Waals surface area contributed by atoms with Crippen molar-refractivity contribution in [1.29, 1.82) is 0 Å². The van der Waals surface area contributed by atoms with Gasteiger partial charge in [0.05, 0.1) is 0 Å².